The number of halogens is 3. The molecule has 2 aliphatic heterocycles. The number of alkyl halides is 3. The first kappa shape index (κ1) is 31.0. The number of carbonyl (C=O) groups is 2. The van der Waals surface area contributed by atoms with E-state index in [0.717, 1.165) is 16.7 Å². The summed E-state index contributed by atoms with van der Waals surface area (Å²) in [6, 6.07) is 2.92. The summed E-state index contributed by atoms with van der Waals surface area (Å²) < 4.78 is 65.3. The number of nitrogens with zero attached hydrogens (tertiary/aromatic N) is 3. The average molecular weight is 598 g/mol. The van der Waals surface area contributed by atoms with E-state index in [-0.39, 0.29) is 50.1 Å². The third-order valence-electron chi connectivity index (χ3n) is 8.68. The van der Waals surface area contributed by atoms with Crippen LogP contribution in [-0.4, -0.2) is 62.3 Å². The number of piperidine rings is 1. The van der Waals surface area contributed by atoms with Crippen molar-refractivity contribution in [3.05, 3.63) is 34.2 Å². The van der Waals surface area contributed by atoms with Crippen molar-refractivity contribution in [2.75, 3.05) is 25.0 Å². The molecular formula is C28H38F3N5O4S. The standard InChI is InChI=1S/C28H38F3N5O4S/c1-18-16-22(35(3)26(32)38)17-19(2)23(18)9-15-41(39,40)36-13-11-27(12-14-36)25(37)33-24(34-27)21-6-4-20(5-7-21)8-10-28(29,30)31/h9,15-17,20-21H,4-8,10-14H2,1-3H3,(H2,32,38)(H,33,34,37). The fourth-order valence-corrected chi connectivity index (χ4v) is 7.22. The van der Waals surface area contributed by atoms with Crippen molar-refractivity contribution in [2.24, 2.45) is 22.6 Å². The summed E-state index contributed by atoms with van der Waals surface area (Å²) in [5.74, 6) is 0.400. The van der Waals surface area contributed by atoms with Crippen molar-refractivity contribution < 1.29 is 31.2 Å². The second-order valence-corrected chi connectivity index (χ2v) is 13.3. The maximum atomic E-state index is 13.2. The van der Waals surface area contributed by atoms with Crippen molar-refractivity contribution in [2.45, 2.75) is 76.9 Å². The Morgan fingerprint density at radius 2 is 1.76 bits per heavy atom. The molecular weight excluding hydrogens is 559 g/mol. The van der Waals surface area contributed by atoms with Gasteiger partial charge in [0.15, 0.2) is 0 Å². The molecule has 0 atom stereocenters. The van der Waals surface area contributed by atoms with E-state index in [4.69, 9.17) is 10.7 Å². The van der Waals surface area contributed by atoms with Crippen LogP contribution in [0.25, 0.3) is 6.08 Å². The zero-order chi connectivity index (χ0) is 30.2. The quantitative estimate of drug-likeness (QED) is 0.475. The molecule has 1 aromatic rings. The van der Waals surface area contributed by atoms with E-state index in [1.165, 1.54) is 14.6 Å². The Kier molecular flexibility index (Phi) is 8.89. The van der Waals surface area contributed by atoms with Gasteiger partial charge in [0.25, 0.3) is 5.91 Å². The number of nitrogens with two attached hydrogens (primary N) is 1. The molecule has 1 spiro atoms. The third-order valence-corrected chi connectivity index (χ3v) is 10.2. The molecule has 226 valence electrons. The minimum absolute atomic E-state index is 0.00536. The number of urea groups is 1. The molecule has 41 heavy (non-hydrogen) atoms. The molecule has 0 bridgehead atoms. The van der Waals surface area contributed by atoms with E-state index in [1.807, 2.05) is 13.8 Å². The first-order valence-corrected chi connectivity index (χ1v) is 15.4. The van der Waals surface area contributed by atoms with Crippen LogP contribution in [0.5, 0.6) is 0 Å². The van der Waals surface area contributed by atoms with Crippen LogP contribution in [0, 0.1) is 25.7 Å². The van der Waals surface area contributed by atoms with Gasteiger partial charge in [0.2, 0.25) is 10.0 Å². The third kappa shape index (κ3) is 7.11. The van der Waals surface area contributed by atoms with Gasteiger partial charge >= 0.3 is 12.2 Å². The van der Waals surface area contributed by atoms with E-state index in [1.54, 1.807) is 25.3 Å². The molecule has 1 aliphatic carbocycles. The normalized spacial score (nSPS) is 23.6. The second kappa shape index (κ2) is 11.7. The fourth-order valence-electron chi connectivity index (χ4n) is 6.05. The van der Waals surface area contributed by atoms with E-state index in [0.29, 0.717) is 37.2 Å². The first-order valence-electron chi connectivity index (χ1n) is 13.9. The zero-order valence-electron chi connectivity index (χ0n) is 23.6. The maximum Gasteiger partial charge on any atom is 0.389 e. The molecule has 3 aliphatic rings. The van der Waals surface area contributed by atoms with Gasteiger partial charge in [0, 0.05) is 43.6 Å². The Hall–Kier alpha value is -2.93. The van der Waals surface area contributed by atoms with Gasteiger partial charge in [-0.15, -0.1) is 0 Å². The molecule has 3 N–H and O–H groups in total. The Morgan fingerprint density at radius 1 is 1.17 bits per heavy atom. The van der Waals surface area contributed by atoms with Gasteiger partial charge in [-0.05, 0) is 99.6 Å². The van der Waals surface area contributed by atoms with E-state index < -0.39 is 34.2 Å². The second-order valence-electron chi connectivity index (χ2n) is 11.5. The Morgan fingerprint density at radius 3 is 2.29 bits per heavy atom. The highest BCUT2D eigenvalue weighted by Crippen LogP contribution is 2.38. The molecule has 3 amide bonds. The summed E-state index contributed by atoms with van der Waals surface area (Å²) in [6.45, 7) is 3.93. The summed E-state index contributed by atoms with van der Waals surface area (Å²) in [7, 11) is -2.21. The van der Waals surface area contributed by atoms with Crippen LogP contribution in [0.15, 0.2) is 22.5 Å². The van der Waals surface area contributed by atoms with Crippen LogP contribution < -0.4 is 16.0 Å². The topological polar surface area (TPSA) is 125 Å². The summed E-state index contributed by atoms with van der Waals surface area (Å²) in [4.78, 5) is 30.5. The SMILES string of the molecule is Cc1cc(N(C)C(N)=O)cc(C)c1C=CS(=O)(=O)N1CCC2(CC1)N=C(C1CCC(CCC(F)(F)F)CC1)NC2=O. The largest absolute Gasteiger partial charge is 0.389 e. The summed E-state index contributed by atoms with van der Waals surface area (Å²) in [6.07, 6.45) is -0.0171. The van der Waals surface area contributed by atoms with Crippen LogP contribution in [0.4, 0.5) is 23.7 Å². The minimum atomic E-state index is -4.14. The summed E-state index contributed by atoms with van der Waals surface area (Å²) in [5, 5.41) is 4.07. The number of anilines is 1. The number of primary amides is 1. The minimum Gasteiger partial charge on any atom is -0.351 e. The van der Waals surface area contributed by atoms with E-state index in [2.05, 4.69) is 5.32 Å². The van der Waals surface area contributed by atoms with E-state index >= 15 is 0 Å². The highest BCUT2D eigenvalue weighted by Gasteiger charge is 2.48. The first-order chi connectivity index (χ1) is 19.1. The predicted molar refractivity (Wildman–Crippen MR) is 152 cm³/mol. The molecule has 9 nitrogen and oxygen atoms in total. The van der Waals surface area contributed by atoms with Gasteiger partial charge < -0.3 is 11.1 Å². The number of nitrogens with one attached hydrogen (secondary N) is 1. The lowest BCUT2D eigenvalue weighted by Crippen LogP contribution is -2.50. The monoisotopic (exact) mass is 597 g/mol. The van der Waals surface area contributed by atoms with Gasteiger partial charge in [-0.1, -0.05) is 0 Å². The van der Waals surface area contributed by atoms with E-state index in [9.17, 15) is 31.2 Å². The zero-order valence-corrected chi connectivity index (χ0v) is 24.4. The molecule has 13 heteroatoms. The predicted octanol–water partition coefficient (Wildman–Crippen LogP) is 4.63. The van der Waals surface area contributed by atoms with Crippen LogP contribution in [0.1, 0.15) is 68.1 Å². The molecule has 0 radical (unpaired) electrons. The lowest BCUT2D eigenvalue weighted by molar-refractivity contribution is -0.138. The summed E-state index contributed by atoms with van der Waals surface area (Å²) in [5.41, 5.74) is 7.25. The average Bonchev–Trinajstić information content (AvgIpc) is 3.21. The molecule has 0 unspecified atom stereocenters. The number of carbonyl (C=O) groups excluding carboxylic acids is 2. The van der Waals surface area contributed by atoms with Crippen LogP contribution in [0.2, 0.25) is 0 Å². The molecule has 0 aromatic heterocycles. The van der Waals surface area contributed by atoms with Gasteiger partial charge in [-0.2, -0.15) is 17.5 Å². The van der Waals surface area contributed by atoms with Crippen LogP contribution in [0.3, 0.4) is 0 Å². The Bertz CT molecular complexity index is 1320. The number of aliphatic imine (C=N–C) groups is 1. The lowest BCUT2D eigenvalue weighted by atomic mass is 9.79. The van der Waals surface area contributed by atoms with Gasteiger partial charge in [-0.3, -0.25) is 14.7 Å². The fraction of sp³-hybridized carbons (Fsp3) is 0.607. The van der Waals surface area contributed by atoms with Crippen molar-refractivity contribution in [3.63, 3.8) is 0 Å². The van der Waals surface area contributed by atoms with Crippen LogP contribution >= 0.6 is 0 Å². The van der Waals surface area contributed by atoms with Crippen LogP contribution in [-0.2, 0) is 14.8 Å². The number of amidine groups is 1. The van der Waals surface area contributed by atoms with Crippen molar-refractivity contribution in [3.8, 4) is 0 Å². The van der Waals surface area contributed by atoms with Gasteiger partial charge in [0.05, 0.1) is 0 Å². The number of aryl methyl sites for hydroxylation is 2. The number of amides is 3. The molecule has 4 rings (SSSR count). The van der Waals surface area contributed by atoms with Crippen molar-refractivity contribution in [1.29, 1.82) is 0 Å². The maximum absolute atomic E-state index is 13.2. The molecule has 1 saturated heterocycles. The molecule has 2 heterocycles. The summed E-state index contributed by atoms with van der Waals surface area (Å²) >= 11 is 0. The number of sulfonamides is 1. The smallest absolute Gasteiger partial charge is 0.351 e. The van der Waals surface area contributed by atoms with Crippen molar-refractivity contribution in [1.82, 2.24) is 9.62 Å². The Labute approximate surface area is 239 Å². The number of hydrogen-bond donors (Lipinski definition) is 2. The number of benzene rings is 1. The molecule has 1 saturated carbocycles. The highest BCUT2D eigenvalue weighted by atomic mass is 32.2. The number of hydrogen-bond acceptors (Lipinski definition) is 5. The lowest BCUT2D eigenvalue weighted by Gasteiger charge is -2.34. The molecule has 2 fully saturated rings. The Balaban J connectivity index is 1.37. The number of rotatable bonds is 7. The highest BCUT2D eigenvalue weighted by molar-refractivity contribution is 7.92. The van der Waals surface area contributed by atoms with Crippen molar-refractivity contribution >= 4 is 39.6 Å². The molecule has 1 aromatic carbocycles. The van der Waals surface area contributed by atoms with Gasteiger partial charge in [0.1, 0.15) is 11.4 Å². The van der Waals surface area contributed by atoms with Gasteiger partial charge in [-0.25, -0.2) is 13.2 Å².